The van der Waals surface area contributed by atoms with Gasteiger partial charge in [-0.25, -0.2) is 0 Å². The van der Waals surface area contributed by atoms with Crippen LogP contribution in [0.25, 0.3) is 76.0 Å². The molecule has 0 atom stereocenters. The van der Waals surface area contributed by atoms with Crippen LogP contribution >= 0.6 is 11.3 Å². The summed E-state index contributed by atoms with van der Waals surface area (Å²) in [5.74, 6) is 0. The molecular weight excluding hydrogens is 1600 g/mol. The van der Waals surface area contributed by atoms with E-state index in [-0.39, 0.29) is 200 Å². The number of benzene rings is 14. The number of rotatable bonds is 8. The molecule has 14 aromatic carbocycles. The lowest BCUT2D eigenvalue weighted by Crippen LogP contribution is -2.60. The number of aromatic nitrogens is 2. The van der Waals surface area contributed by atoms with Crippen molar-refractivity contribution in [2.45, 2.75) is 209 Å². The first-order valence-electron chi connectivity index (χ1n) is 65.4. The van der Waals surface area contributed by atoms with E-state index < -0.39 is 344 Å². The van der Waals surface area contributed by atoms with E-state index in [9.17, 15) is 54.8 Å². The van der Waals surface area contributed by atoms with E-state index in [1.54, 1.807) is 166 Å². The number of para-hydroxylation sites is 3. The summed E-state index contributed by atoms with van der Waals surface area (Å²) < 4.78 is 436. The van der Waals surface area contributed by atoms with Gasteiger partial charge in [0.15, 0.2) is 0 Å². The van der Waals surface area contributed by atoms with Gasteiger partial charge in [-0.15, -0.1) is 11.3 Å². The molecule has 22 rings (SSSR count). The van der Waals surface area contributed by atoms with Crippen LogP contribution in [0, 0.1) is 0 Å². The molecule has 18 aromatic rings. The Balaban J connectivity index is 0.000000197. The van der Waals surface area contributed by atoms with Crippen LogP contribution in [-0.2, 0) is 43.3 Å². The Morgan fingerprint density at radius 2 is 0.600 bits per heavy atom. The van der Waals surface area contributed by atoms with Gasteiger partial charge in [0.25, 0.3) is 13.4 Å². The minimum absolute atomic E-state index is 0.000431. The number of hydrogen-bond acceptors (Lipinski definition) is 6. The Kier molecular flexibility index (Phi) is 11.0. The molecular formula is C120H120B2N6OS. The molecule has 648 valence electrons. The van der Waals surface area contributed by atoms with Gasteiger partial charge in [0.1, 0.15) is 5.58 Å². The summed E-state index contributed by atoms with van der Waals surface area (Å²) in [6, 6.07) is -19.5. The van der Waals surface area contributed by atoms with Gasteiger partial charge in [-0.05, 0) is 249 Å². The summed E-state index contributed by atoms with van der Waals surface area (Å²) in [6.45, 7) is 38.2. The highest BCUT2D eigenvalue weighted by molar-refractivity contribution is 7.33. The van der Waals surface area contributed by atoms with Crippen molar-refractivity contribution in [1.29, 1.82) is 0 Å². The number of fused-ring (bicyclic) bond motifs is 18. The molecule has 0 saturated carbocycles. The van der Waals surface area contributed by atoms with Crippen LogP contribution in [-0.4, -0.2) is 22.6 Å². The SMILES string of the molecule is [2H]c1c([2H])c(C(C)(C)C)c([2H])c([2H])c1N(c1cc2c3c(c1)-n1c4c([2H])c([2H])c(C(C)(C)C)c([2H])c4c4c([2H])c([2H])c([2H])c(c41)B3c1oc3c([2H])c([2H])c([2H])c([2H])c3c1N2c1c([2H])c([2H])c(C(C)(C)C)c([2H])c1[2H])c1c([2H])c([2H])c(C(C)(C)C)c([2H])c1[2H].[2H]c1c([2H])c(C(C)(C)C)c([2H])c([2H])c1N(c1cc2c3c(c1)-n1c4c([2H])c([2H])c(C(C)(C)C)c([2H])c4c4c([2H])c([2H])c([2H])c(c41)B3c1sc3c([2H])c([2H])c([2H])c([2H])c3c1N2c1c([2H])c([2H])c(C(C)(C)C)c([2H])c1[2H])c1c([2H])c([2H])c(C(C)(C)C)c([2H])c1[2H]. The Bertz CT molecular complexity index is 9600. The lowest BCUT2D eigenvalue weighted by atomic mass is 9.36. The zero-order chi connectivity index (χ0) is 129. The van der Waals surface area contributed by atoms with Gasteiger partial charge < -0.3 is 33.2 Å². The summed E-state index contributed by atoms with van der Waals surface area (Å²) in [6.07, 6.45) is 0. The van der Waals surface area contributed by atoms with E-state index in [1.165, 1.54) is 43.2 Å². The molecule has 0 fully saturated rings. The van der Waals surface area contributed by atoms with Crippen LogP contribution in [0.5, 0.6) is 0 Å². The first-order valence-corrected chi connectivity index (χ1v) is 44.2. The van der Waals surface area contributed by atoms with Crippen LogP contribution in [0.2, 0.25) is 0 Å². The quantitative estimate of drug-likeness (QED) is 0.142. The molecule has 7 nitrogen and oxygen atoms in total. The predicted molar refractivity (Wildman–Crippen MR) is 564 cm³/mol. The first-order chi connectivity index (χ1) is 79.9. The lowest BCUT2D eigenvalue weighted by molar-refractivity contribution is 0.590. The van der Waals surface area contributed by atoms with Crippen molar-refractivity contribution in [3.63, 3.8) is 0 Å². The fourth-order valence-electron chi connectivity index (χ4n) is 17.3. The molecule has 0 amide bonds. The van der Waals surface area contributed by atoms with E-state index in [0.29, 0.717) is 0 Å². The molecule has 8 heterocycles. The molecule has 0 aliphatic carbocycles. The zero-order valence-corrected chi connectivity index (χ0v) is 77.8. The zero-order valence-electron chi connectivity index (χ0n) is 121. The smallest absolute Gasteiger partial charge is 0.297 e. The lowest BCUT2D eigenvalue weighted by Gasteiger charge is -2.40. The summed E-state index contributed by atoms with van der Waals surface area (Å²) in [7, 11) is 0. The maximum absolute atomic E-state index is 10.0. The number of thiophene rings is 1. The second-order valence-electron chi connectivity index (χ2n) is 42.0. The Labute approximate surface area is 836 Å². The second kappa shape index (κ2) is 29.5. The third-order valence-corrected chi connectivity index (χ3v) is 25.4. The van der Waals surface area contributed by atoms with Gasteiger partial charge in [0.05, 0.1) is 99.8 Å². The maximum atomic E-state index is 10.0. The van der Waals surface area contributed by atoms with Crippen LogP contribution in [0.3, 0.4) is 0 Å². The van der Waals surface area contributed by atoms with Crippen molar-refractivity contribution in [1.82, 2.24) is 9.13 Å². The van der Waals surface area contributed by atoms with Gasteiger partial charge in [-0.3, -0.25) is 0 Å². The van der Waals surface area contributed by atoms with Gasteiger partial charge in [0.2, 0.25) is 0 Å². The monoisotopic (exact) mass is 1760 g/mol. The van der Waals surface area contributed by atoms with Crippen molar-refractivity contribution in [2.75, 3.05) is 19.6 Å². The van der Waals surface area contributed by atoms with E-state index in [2.05, 4.69) is 0 Å². The van der Waals surface area contributed by atoms with Crippen LogP contribution in [0.1, 0.15) is 271 Å². The first kappa shape index (κ1) is 48.4. The molecule has 130 heavy (non-hydrogen) atoms. The van der Waals surface area contributed by atoms with Gasteiger partial charge in [-0.2, -0.15) is 0 Å². The maximum Gasteiger partial charge on any atom is 0.297 e. The van der Waals surface area contributed by atoms with E-state index in [0.717, 1.165) is 21.1 Å². The van der Waals surface area contributed by atoms with E-state index in [1.807, 2.05) is 0 Å². The van der Waals surface area contributed by atoms with E-state index in [4.69, 9.17) is 9.90 Å². The van der Waals surface area contributed by atoms with Crippen molar-refractivity contribution in [3.8, 4) is 11.4 Å². The molecule has 4 aromatic heterocycles. The van der Waals surface area contributed by atoms with Crippen molar-refractivity contribution < 1.29 is 64.7 Å². The molecule has 0 radical (unpaired) electrons. The molecule has 4 aliphatic rings. The standard InChI is InChI=1S/C60H60BN3O.C60H60BN3S/c2*1-57(2,3)37-20-27-41(28-21-37)62(42-29-22-38(23-30-42)58(4,5)6)44-35-50-53-51(36-44)64-49-33-26-40(60(10,11)12)34-47(49)45-17-15-18-48(54(45)64)61(53)56-55(46-16-13-14-19-52(46)65-56)63(50)43-31-24-39(25-32-43)59(7,8)9/h2*13-36H,1-12H3/i2*13D,14D,15D,16D,17D,18D,19D,20D,21D,22D,23D,24D,25D,26D,27D,28D,29D,30D,31D,32D,33D,34D. The Morgan fingerprint density at radius 1 is 0.285 bits per heavy atom. The van der Waals surface area contributed by atoms with Gasteiger partial charge in [0, 0.05) is 110 Å². The minimum Gasteiger partial charge on any atom is -0.468 e. The highest BCUT2D eigenvalue weighted by Gasteiger charge is 2.49. The average Bonchev–Trinajstić information content (AvgIpc) is 1.49. The molecule has 0 spiro atoms. The summed E-state index contributed by atoms with van der Waals surface area (Å²) in [4.78, 5) is 4.58. The van der Waals surface area contributed by atoms with Crippen molar-refractivity contribution >= 4 is 190 Å². The summed E-state index contributed by atoms with van der Waals surface area (Å²) in [5, 5.41) is -0.819. The Hall–Kier alpha value is -12.5. The van der Waals surface area contributed by atoms with E-state index >= 15 is 0 Å². The minimum atomic E-state index is -1.55. The number of furan rings is 1. The average molecular weight is 1760 g/mol. The molecule has 0 N–H and O–H groups in total. The van der Waals surface area contributed by atoms with Gasteiger partial charge >= 0.3 is 0 Å². The molecule has 0 bridgehead atoms. The number of nitrogens with zero attached hydrogens (tertiary/aromatic N) is 6. The number of hydrogen-bond donors (Lipinski definition) is 0. The summed E-state index contributed by atoms with van der Waals surface area (Å²) >= 11 is 0.886. The van der Waals surface area contributed by atoms with Gasteiger partial charge in [-0.1, -0.05) is 317 Å². The molecule has 0 saturated heterocycles. The van der Waals surface area contributed by atoms with Crippen molar-refractivity contribution in [2.24, 2.45) is 0 Å². The predicted octanol–water partition coefficient (Wildman–Crippen LogP) is 30.1. The molecule has 0 unspecified atom stereocenters. The number of anilines is 12. The van der Waals surface area contributed by atoms with Crippen LogP contribution < -0.4 is 51.9 Å². The topological polar surface area (TPSA) is 36.0 Å². The fraction of sp³-hybridized carbons (Fsp3) is 0.267. The van der Waals surface area contributed by atoms with Crippen molar-refractivity contribution in [3.05, 3.63) is 335 Å². The summed E-state index contributed by atoms with van der Waals surface area (Å²) in [5.41, 5.74) is -13.6. The highest BCUT2D eigenvalue weighted by atomic mass is 32.1. The fourth-order valence-corrected chi connectivity index (χ4v) is 18.5. The normalized spacial score (nSPS) is 18.5. The third-order valence-electron chi connectivity index (χ3n) is 24.3. The Morgan fingerprint density at radius 3 is 0.985 bits per heavy atom. The largest absolute Gasteiger partial charge is 0.468 e. The molecule has 10 heteroatoms. The third kappa shape index (κ3) is 13.8. The van der Waals surface area contributed by atoms with Crippen LogP contribution in [0.15, 0.2) is 295 Å². The second-order valence-corrected chi connectivity index (χ2v) is 43.1. The van der Waals surface area contributed by atoms with Crippen LogP contribution in [0.4, 0.5) is 68.2 Å². The highest BCUT2D eigenvalue weighted by Crippen LogP contribution is 2.54. The molecule has 4 aliphatic heterocycles.